The molecule has 58 valence electrons. The van der Waals surface area contributed by atoms with Crippen LogP contribution in [-0.2, 0) is 0 Å². The Hall–Kier alpha value is -0.775. The highest BCUT2D eigenvalue weighted by Crippen LogP contribution is 2.19. The predicted molar refractivity (Wildman–Crippen MR) is 40.1 cm³/mol. The van der Waals surface area contributed by atoms with Crippen LogP contribution < -0.4 is 4.65 Å². The fourth-order valence-corrected chi connectivity index (χ4v) is 0.737. The zero-order valence-corrected chi connectivity index (χ0v) is 6.19. The summed E-state index contributed by atoms with van der Waals surface area (Å²) in [4.78, 5) is 3.65. The number of rotatable bonds is 2. The summed E-state index contributed by atoms with van der Waals surface area (Å²) in [5.41, 5.74) is 0. The van der Waals surface area contributed by atoms with Crippen LogP contribution in [0.1, 0.15) is 0 Å². The predicted octanol–water partition coefficient (Wildman–Crippen LogP) is 0.0833. The SMILES string of the molecule is OB(O)Oc1cccnc1Cl. The molecule has 0 bridgehead atoms. The molecule has 1 rings (SSSR count). The Bertz CT molecular complexity index is 245. The number of nitrogens with zero attached hydrogens (tertiary/aromatic N) is 1. The van der Waals surface area contributed by atoms with Gasteiger partial charge in [-0.15, -0.1) is 0 Å². The Balaban J connectivity index is 2.78. The fraction of sp³-hybridized carbons (Fsp3) is 0. The third-order valence-electron chi connectivity index (χ3n) is 0.957. The Labute approximate surface area is 68.6 Å². The molecule has 0 aliphatic rings. The van der Waals surface area contributed by atoms with Crippen molar-refractivity contribution in [2.24, 2.45) is 0 Å². The lowest BCUT2D eigenvalue weighted by molar-refractivity contribution is 0.288. The minimum Gasteiger partial charge on any atom is -0.509 e. The fourth-order valence-electron chi connectivity index (χ4n) is 0.573. The summed E-state index contributed by atoms with van der Waals surface area (Å²) in [5.74, 6) is 0.143. The minimum absolute atomic E-state index is 0.0978. The second-order valence-corrected chi connectivity index (χ2v) is 2.09. The Morgan fingerprint density at radius 1 is 1.55 bits per heavy atom. The van der Waals surface area contributed by atoms with Crippen molar-refractivity contribution in [3.05, 3.63) is 23.5 Å². The lowest BCUT2D eigenvalue weighted by Crippen LogP contribution is -2.20. The van der Waals surface area contributed by atoms with E-state index in [2.05, 4.69) is 9.64 Å². The van der Waals surface area contributed by atoms with Crippen LogP contribution in [0.3, 0.4) is 0 Å². The van der Waals surface area contributed by atoms with Crippen molar-refractivity contribution in [3.63, 3.8) is 0 Å². The van der Waals surface area contributed by atoms with Crippen molar-refractivity contribution in [1.29, 1.82) is 0 Å². The smallest absolute Gasteiger partial charge is 0.509 e. The molecule has 6 heteroatoms. The molecule has 1 aromatic heterocycles. The van der Waals surface area contributed by atoms with Crippen LogP contribution in [0.25, 0.3) is 0 Å². The molecule has 0 saturated carbocycles. The zero-order chi connectivity index (χ0) is 8.27. The molecule has 0 amide bonds. The molecule has 2 N–H and O–H groups in total. The van der Waals surface area contributed by atoms with E-state index < -0.39 is 7.32 Å². The molecule has 0 atom stereocenters. The number of hydrogen-bond donors (Lipinski definition) is 2. The van der Waals surface area contributed by atoms with E-state index in [-0.39, 0.29) is 10.9 Å². The van der Waals surface area contributed by atoms with Gasteiger partial charge in [0, 0.05) is 6.20 Å². The molecular formula is C5H5BClNO3. The summed E-state index contributed by atoms with van der Waals surface area (Å²) in [6, 6.07) is 3.05. The van der Waals surface area contributed by atoms with Crippen LogP contribution in [0, 0.1) is 0 Å². The van der Waals surface area contributed by atoms with Gasteiger partial charge in [0.05, 0.1) is 0 Å². The first-order valence-corrected chi connectivity index (χ1v) is 3.21. The zero-order valence-electron chi connectivity index (χ0n) is 5.44. The first-order valence-electron chi connectivity index (χ1n) is 2.83. The van der Waals surface area contributed by atoms with Gasteiger partial charge >= 0.3 is 7.32 Å². The van der Waals surface area contributed by atoms with Crippen LogP contribution >= 0.6 is 11.6 Å². The molecule has 0 aliphatic heterocycles. The molecule has 1 heterocycles. The van der Waals surface area contributed by atoms with E-state index in [9.17, 15) is 0 Å². The Kier molecular flexibility index (Phi) is 2.70. The van der Waals surface area contributed by atoms with Gasteiger partial charge in [-0.05, 0) is 12.1 Å². The normalized spacial score (nSPS) is 9.36. The number of halogens is 1. The van der Waals surface area contributed by atoms with E-state index in [4.69, 9.17) is 21.6 Å². The first kappa shape index (κ1) is 8.32. The Morgan fingerprint density at radius 3 is 2.82 bits per heavy atom. The van der Waals surface area contributed by atoms with Gasteiger partial charge in [0.25, 0.3) is 0 Å². The van der Waals surface area contributed by atoms with Gasteiger partial charge in [-0.25, -0.2) is 4.98 Å². The highest BCUT2D eigenvalue weighted by atomic mass is 35.5. The molecular weight excluding hydrogens is 168 g/mol. The second-order valence-electron chi connectivity index (χ2n) is 1.74. The second kappa shape index (κ2) is 3.57. The minimum atomic E-state index is -1.86. The monoisotopic (exact) mass is 173 g/mol. The lowest BCUT2D eigenvalue weighted by Gasteiger charge is -2.03. The van der Waals surface area contributed by atoms with Crippen LogP contribution in [0.4, 0.5) is 0 Å². The highest BCUT2D eigenvalue weighted by Gasteiger charge is 2.13. The average Bonchev–Trinajstić information content (AvgIpc) is 1.93. The summed E-state index contributed by atoms with van der Waals surface area (Å²) < 4.78 is 4.46. The van der Waals surface area contributed by atoms with Gasteiger partial charge in [0.2, 0.25) is 0 Å². The molecule has 11 heavy (non-hydrogen) atoms. The van der Waals surface area contributed by atoms with Gasteiger partial charge in [-0.3, -0.25) is 0 Å². The summed E-state index contributed by atoms with van der Waals surface area (Å²) in [5, 5.41) is 16.9. The van der Waals surface area contributed by atoms with Gasteiger partial charge in [-0.2, -0.15) is 0 Å². The van der Waals surface area contributed by atoms with Crippen LogP contribution in [-0.4, -0.2) is 22.4 Å². The molecule has 0 radical (unpaired) electrons. The van der Waals surface area contributed by atoms with Crippen molar-refractivity contribution in [2.75, 3.05) is 0 Å². The summed E-state index contributed by atoms with van der Waals surface area (Å²) in [6.07, 6.45) is 1.47. The number of hydrogen-bond acceptors (Lipinski definition) is 4. The van der Waals surface area contributed by atoms with E-state index >= 15 is 0 Å². The van der Waals surface area contributed by atoms with Gasteiger partial charge in [-0.1, -0.05) is 11.6 Å². The highest BCUT2D eigenvalue weighted by molar-refractivity contribution is 6.35. The molecule has 4 nitrogen and oxygen atoms in total. The van der Waals surface area contributed by atoms with Crippen molar-refractivity contribution in [1.82, 2.24) is 4.98 Å². The summed E-state index contributed by atoms with van der Waals surface area (Å²) in [7, 11) is -1.86. The van der Waals surface area contributed by atoms with E-state index in [0.717, 1.165) is 0 Å². The molecule has 0 fully saturated rings. The van der Waals surface area contributed by atoms with Crippen molar-refractivity contribution < 1.29 is 14.7 Å². The van der Waals surface area contributed by atoms with Crippen molar-refractivity contribution >= 4 is 18.9 Å². The van der Waals surface area contributed by atoms with E-state index in [0.29, 0.717) is 0 Å². The topological polar surface area (TPSA) is 62.6 Å². The van der Waals surface area contributed by atoms with Crippen molar-refractivity contribution in [2.45, 2.75) is 0 Å². The number of pyridine rings is 1. The maximum Gasteiger partial charge on any atom is 0.707 e. The summed E-state index contributed by atoms with van der Waals surface area (Å²) >= 11 is 5.51. The van der Waals surface area contributed by atoms with Crippen LogP contribution in [0.2, 0.25) is 5.15 Å². The molecule has 0 aliphatic carbocycles. The van der Waals surface area contributed by atoms with Gasteiger partial charge in [0.15, 0.2) is 5.15 Å². The third kappa shape index (κ3) is 2.38. The van der Waals surface area contributed by atoms with E-state index in [1.54, 1.807) is 6.07 Å². The van der Waals surface area contributed by atoms with Crippen LogP contribution in [0.15, 0.2) is 18.3 Å². The first-order chi connectivity index (χ1) is 5.20. The molecule has 0 unspecified atom stereocenters. The summed E-state index contributed by atoms with van der Waals surface area (Å²) in [6.45, 7) is 0. The molecule has 0 spiro atoms. The van der Waals surface area contributed by atoms with Gasteiger partial charge < -0.3 is 14.7 Å². The largest absolute Gasteiger partial charge is 0.707 e. The van der Waals surface area contributed by atoms with E-state index in [1.165, 1.54) is 12.3 Å². The van der Waals surface area contributed by atoms with Crippen LogP contribution in [0.5, 0.6) is 5.75 Å². The van der Waals surface area contributed by atoms with Gasteiger partial charge in [0.1, 0.15) is 5.75 Å². The maximum absolute atomic E-state index is 8.38. The maximum atomic E-state index is 8.38. The Morgan fingerprint density at radius 2 is 2.27 bits per heavy atom. The van der Waals surface area contributed by atoms with E-state index in [1.807, 2.05) is 0 Å². The molecule has 1 aromatic rings. The average molecular weight is 173 g/mol. The van der Waals surface area contributed by atoms with Crippen molar-refractivity contribution in [3.8, 4) is 5.75 Å². The number of aromatic nitrogens is 1. The molecule has 0 aromatic carbocycles. The lowest BCUT2D eigenvalue weighted by atomic mass is 10.2. The quantitative estimate of drug-likeness (QED) is 0.491. The molecule has 0 saturated heterocycles. The third-order valence-corrected chi connectivity index (χ3v) is 1.24. The standard InChI is InChI=1S/C5H5BClNO3/c7-5-4(11-6(9)10)2-1-3-8-5/h1-3,9-10H.